The summed E-state index contributed by atoms with van der Waals surface area (Å²) in [4.78, 5) is 20.3. The zero-order valence-electron chi connectivity index (χ0n) is 16.5. The summed E-state index contributed by atoms with van der Waals surface area (Å²) in [5.41, 5.74) is 3.85. The van der Waals surface area contributed by atoms with Crippen molar-refractivity contribution in [3.8, 4) is 17.0 Å². The molecule has 5 rings (SSSR count). The topological polar surface area (TPSA) is 94.1 Å². The standard InChI is InChI=1S/C22H25N5O2/c1-14-19-17(21(29)27-11-8-22(13-27)6-9-23-10-7-22)12-18(24-20(19)26-25-14)15-2-4-16(28)5-3-15/h2-5,12,23,28H,6-11,13H2,1H3,(H,24,25,26). The molecule has 29 heavy (non-hydrogen) atoms. The van der Waals surface area contributed by atoms with E-state index in [1.54, 1.807) is 24.3 Å². The summed E-state index contributed by atoms with van der Waals surface area (Å²) in [5, 5.41) is 21.1. The van der Waals surface area contributed by atoms with Crippen molar-refractivity contribution < 1.29 is 9.90 Å². The number of hydrogen-bond donors (Lipinski definition) is 3. The van der Waals surface area contributed by atoms with Crippen molar-refractivity contribution in [3.63, 3.8) is 0 Å². The van der Waals surface area contributed by atoms with Crippen LogP contribution in [0.5, 0.6) is 5.75 Å². The van der Waals surface area contributed by atoms with Crippen LogP contribution in [0.2, 0.25) is 0 Å². The van der Waals surface area contributed by atoms with Gasteiger partial charge in [-0.3, -0.25) is 9.89 Å². The number of benzene rings is 1. The van der Waals surface area contributed by atoms with Crippen LogP contribution >= 0.6 is 0 Å². The number of aromatic amines is 1. The Hall–Kier alpha value is -2.93. The first-order valence-electron chi connectivity index (χ1n) is 10.2. The lowest BCUT2D eigenvalue weighted by atomic mass is 9.78. The highest BCUT2D eigenvalue weighted by Crippen LogP contribution is 2.39. The smallest absolute Gasteiger partial charge is 0.254 e. The number of aryl methyl sites for hydroxylation is 1. The first-order valence-corrected chi connectivity index (χ1v) is 10.2. The molecule has 0 saturated carbocycles. The average molecular weight is 391 g/mol. The third-order valence-corrected chi connectivity index (χ3v) is 6.49. The molecule has 2 aromatic heterocycles. The molecule has 0 aliphatic carbocycles. The number of carbonyl (C=O) groups is 1. The first kappa shape index (κ1) is 18.1. The van der Waals surface area contributed by atoms with Gasteiger partial charge in [-0.25, -0.2) is 4.98 Å². The summed E-state index contributed by atoms with van der Waals surface area (Å²) in [5.74, 6) is 0.255. The minimum Gasteiger partial charge on any atom is -0.508 e. The minimum atomic E-state index is 0.0531. The second-order valence-corrected chi connectivity index (χ2v) is 8.36. The quantitative estimate of drug-likeness (QED) is 0.625. The molecular weight excluding hydrogens is 366 g/mol. The molecule has 0 bridgehead atoms. The molecule has 0 radical (unpaired) electrons. The highest BCUT2D eigenvalue weighted by Gasteiger charge is 2.41. The van der Waals surface area contributed by atoms with Crippen LogP contribution in [0.15, 0.2) is 30.3 Å². The van der Waals surface area contributed by atoms with E-state index in [-0.39, 0.29) is 17.1 Å². The number of fused-ring (bicyclic) bond motifs is 1. The van der Waals surface area contributed by atoms with Gasteiger partial charge in [-0.05, 0) is 75.0 Å². The molecule has 1 amide bonds. The largest absolute Gasteiger partial charge is 0.508 e. The van der Waals surface area contributed by atoms with Gasteiger partial charge in [0, 0.05) is 18.7 Å². The molecule has 1 aromatic carbocycles. The van der Waals surface area contributed by atoms with Gasteiger partial charge in [-0.2, -0.15) is 5.10 Å². The Bertz CT molecular complexity index is 1070. The molecule has 1 spiro atoms. The van der Waals surface area contributed by atoms with Crippen LogP contribution in [0, 0.1) is 12.3 Å². The van der Waals surface area contributed by atoms with E-state index in [0.29, 0.717) is 16.9 Å². The fraction of sp³-hybridized carbons (Fsp3) is 0.409. The fourth-order valence-electron chi connectivity index (χ4n) is 4.78. The van der Waals surface area contributed by atoms with Crippen LogP contribution in [0.25, 0.3) is 22.3 Å². The Labute approximate surface area is 169 Å². The lowest BCUT2D eigenvalue weighted by Gasteiger charge is -2.33. The predicted molar refractivity (Wildman–Crippen MR) is 111 cm³/mol. The lowest BCUT2D eigenvalue weighted by molar-refractivity contribution is 0.0763. The van der Waals surface area contributed by atoms with E-state index >= 15 is 0 Å². The third-order valence-electron chi connectivity index (χ3n) is 6.49. The molecule has 7 heteroatoms. The van der Waals surface area contributed by atoms with Gasteiger partial charge in [0.2, 0.25) is 0 Å². The number of aromatic nitrogens is 3. The van der Waals surface area contributed by atoms with Crippen molar-refractivity contribution in [3.05, 3.63) is 41.6 Å². The van der Waals surface area contributed by atoms with Gasteiger partial charge in [-0.1, -0.05) is 0 Å². The summed E-state index contributed by atoms with van der Waals surface area (Å²) >= 11 is 0. The number of hydrogen-bond acceptors (Lipinski definition) is 5. The summed E-state index contributed by atoms with van der Waals surface area (Å²) in [6, 6.07) is 8.74. The Morgan fingerprint density at radius 1 is 1.17 bits per heavy atom. The van der Waals surface area contributed by atoms with Gasteiger partial charge in [0.15, 0.2) is 5.65 Å². The van der Waals surface area contributed by atoms with Gasteiger partial charge < -0.3 is 15.3 Å². The molecule has 0 atom stereocenters. The Morgan fingerprint density at radius 2 is 1.93 bits per heavy atom. The van der Waals surface area contributed by atoms with E-state index in [9.17, 15) is 9.90 Å². The first-order chi connectivity index (χ1) is 14.0. The fourth-order valence-corrected chi connectivity index (χ4v) is 4.78. The minimum absolute atomic E-state index is 0.0531. The molecule has 0 unspecified atom stereocenters. The highest BCUT2D eigenvalue weighted by atomic mass is 16.3. The maximum atomic E-state index is 13.6. The van der Waals surface area contributed by atoms with Crippen LogP contribution in [0.3, 0.4) is 0 Å². The summed E-state index contributed by atoms with van der Waals surface area (Å²) < 4.78 is 0. The number of phenols is 1. The number of rotatable bonds is 2. The van der Waals surface area contributed by atoms with E-state index in [2.05, 4.69) is 20.5 Å². The van der Waals surface area contributed by atoms with Crippen LogP contribution in [0.1, 0.15) is 35.3 Å². The molecule has 150 valence electrons. The molecular formula is C22H25N5O2. The van der Waals surface area contributed by atoms with Crippen LogP contribution in [-0.2, 0) is 0 Å². The Balaban J connectivity index is 1.54. The molecule has 2 saturated heterocycles. The molecule has 2 aliphatic heterocycles. The normalized spacial score (nSPS) is 18.6. The van der Waals surface area contributed by atoms with E-state index in [1.807, 2.05) is 17.9 Å². The van der Waals surface area contributed by atoms with Crippen molar-refractivity contribution >= 4 is 16.9 Å². The number of nitrogens with zero attached hydrogens (tertiary/aromatic N) is 3. The highest BCUT2D eigenvalue weighted by molar-refractivity contribution is 6.07. The summed E-state index contributed by atoms with van der Waals surface area (Å²) in [6.45, 7) is 5.59. The molecule has 3 aromatic rings. The summed E-state index contributed by atoms with van der Waals surface area (Å²) in [7, 11) is 0. The molecule has 4 heterocycles. The second-order valence-electron chi connectivity index (χ2n) is 8.36. The number of phenolic OH excluding ortho intramolecular Hbond substituents is 1. The Morgan fingerprint density at radius 3 is 2.69 bits per heavy atom. The van der Waals surface area contributed by atoms with E-state index in [4.69, 9.17) is 0 Å². The molecule has 7 nitrogen and oxygen atoms in total. The van der Waals surface area contributed by atoms with Crippen LogP contribution in [-0.4, -0.2) is 57.3 Å². The van der Waals surface area contributed by atoms with Gasteiger partial charge in [0.25, 0.3) is 5.91 Å². The number of amides is 1. The van der Waals surface area contributed by atoms with Gasteiger partial charge >= 0.3 is 0 Å². The third kappa shape index (κ3) is 3.15. The lowest BCUT2D eigenvalue weighted by Crippen LogP contribution is -2.39. The van der Waals surface area contributed by atoms with Gasteiger partial charge in [0.05, 0.1) is 22.3 Å². The van der Waals surface area contributed by atoms with Crippen molar-refractivity contribution in [2.75, 3.05) is 26.2 Å². The van der Waals surface area contributed by atoms with Gasteiger partial charge in [-0.15, -0.1) is 0 Å². The number of piperidine rings is 1. The van der Waals surface area contributed by atoms with Gasteiger partial charge in [0.1, 0.15) is 5.75 Å². The monoisotopic (exact) mass is 391 g/mol. The number of likely N-dealkylation sites (tertiary alicyclic amines) is 1. The second kappa shape index (κ2) is 6.84. The van der Waals surface area contributed by atoms with E-state index in [1.165, 1.54) is 0 Å². The van der Waals surface area contributed by atoms with Crippen LogP contribution in [0.4, 0.5) is 0 Å². The van der Waals surface area contributed by atoms with Crippen molar-refractivity contribution in [2.24, 2.45) is 5.41 Å². The predicted octanol–water partition coefficient (Wildman–Crippen LogP) is 2.85. The molecule has 2 aliphatic rings. The number of aromatic hydroxyl groups is 1. The molecule has 2 fully saturated rings. The van der Waals surface area contributed by atoms with Crippen molar-refractivity contribution in [1.82, 2.24) is 25.4 Å². The van der Waals surface area contributed by atoms with Crippen molar-refractivity contribution in [2.45, 2.75) is 26.2 Å². The zero-order chi connectivity index (χ0) is 20.0. The van der Waals surface area contributed by atoms with E-state index in [0.717, 1.165) is 62.1 Å². The molecule has 3 N–H and O–H groups in total. The number of carbonyl (C=O) groups excluding carboxylic acids is 1. The maximum Gasteiger partial charge on any atom is 0.254 e. The summed E-state index contributed by atoms with van der Waals surface area (Å²) in [6.07, 6.45) is 3.34. The van der Waals surface area contributed by atoms with E-state index < -0.39 is 0 Å². The van der Waals surface area contributed by atoms with Crippen molar-refractivity contribution in [1.29, 1.82) is 0 Å². The maximum absolute atomic E-state index is 13.6. The SMILES string of the molecule is Cc1n[nH]c2nc(-c3ccc(O)cc3)cc(C(=O)N3CCC4(CCNCC4)C3)c12. The Kier molecular flexibility index (Phi) is 4.28. The average Bonchev–Trinajstić information content (AvgIpc) is 3.32. The van der Waals surface area contributed by atoms with Crippen LogP contribution < -0.4 is 5.32 Å². The zero-order valence-corrected chi connectivity index (χ0v) is 16.5. The number of H-pyrrole nitrogens is 1. The number of pyridine rings is 1. The number of nitrogens with one attached hydrogen (secondary N) is 2.